The van der Waals surface area contributed by atoms with E-state index < -0.39 is 0 Å². The molecule has 2 aliphatic rings. The summed E-state index contributed by atoms with van der Waals surface area (Å²) < 4.78 is 22.3. The summed E-state index contributed by atoms with van der Waals surface area (Å²) in [6, 6.07) is 3.39. The van der Waals surface area contributed by atoms with Crippen molar-refractivity contribution in [1.82, 2.24) is 15.0 Å². The van der Waals surface area contributed by atoms with Crippen LogP contribution in [0.3, 0.4) is 0 Å². The van der Waals surface area contributed by atoms with Gasteiger partial charge in [-0.2, -0.15) is 0 Å². The van der Waals surface area contributed by atoms with E-state index in [-0.39, 0.29) is 23.8 Å². The first-order valence-corrected chi connectivity index (χ1v) is 14.2. The van der Waals surface area contributed by atoms with Gasteiger partial charge in [-0.15, -0.1) is 0 Å². The number of hydrogen-bond acceptors (Lipinski definition) is 10. The second-order valence-electron chi connectivity index (χ2n) is 10.1. The minimum absolute atomic E-state index is 0.00310. The van der Waals surface area contributed by atoms with E-state index in [9.17, 15) is 4.79 Å². The average molecular weight is 603 g/mol. The van der Waals surface area contributed by atoms with Crippen molar-refractivity contribution in [2.75, 3.05) is 57.8 Å². The topological polar surface area (TPSA) is 108 Å². The van der Waals surface area contributed by atoms with Crippen LogP contribution < -0.4 is 19.7 Å². The second-order valence-corrected chi connectivity index (χ2v) is 10.9. The number of nitrogens with one attached hydrogen (secondary N) is 1. The van der Waals surface area contributed by atoms with Crippen LogP contribution in [0.5, 0.6) is 11.5 Å². The van der Waals surface area contributed by atoms with E-state index in [0.717, 1.165) is 24.8 Å². The molecule has 0 saturated carbocycles. The van der Waals surface area contributed by atoms with Gasteiger partial charge in [0, 0.05) is 55.8 Å². The molecular weight excluding hydrogens is 569 g/mol. The Morgan fingerprint density at radius 3 is 2.61 bits per heavy atom. The molecule has 0 amide bonds. The molecule has 2 aliphatic heterocycles. The lowest BCUT2D eigenvalue weighted by molar-refractivity contribution is -0.115. The lowest BCUT2D eigenvalue weighted by Crippen LogP contribution is -2.40. The van der Waals surface area contributed by atoms with Gasteiger partial charge in [0.1, 0.15) is 17.0 Å². The number of halogens is 2. The highest BCUT2D eigenvalue weighted by Crippen LogP contribution is 2.46. The fourth-order valence-corrected chi connectivity index (χ4v) is 6.04. The van der Waals surface area contributed by atoms with Gasteiger partial charge < -0.3 is 29.2 Å². The Balaban J connectivity index is 1.60. The van der Waals surface area contributed by atoms with Crippen molar-refractivity contribution in [3.8, 4) is 22.8 Å². The number of carbonyl (C=O) groups excluding carboxylic acids is 1. The van der Waals surface area contributed by atoms with Gasteiger partial charge in [0.25, 0.3) is 0 Å². The van der Waals surface area contributed by atoms with E-state index in [1.165, 1.54) is 20.3 Å². The third kappa shape index (κ3) is 6.06. The molecule has 10 nitrogen and oxygen atoms in total. The van der Waals surface area contributed by atoms with Crippen LogP contribution in [0.4, 0.5) is 11.8 Å². The van der Waals surface area contributed by atoms with Crippen LogP contribution in [-0.2, 0) is 14.3 Å². The molecule has 12 heteroatoms. The number of nitrogens with zero attached hydrogens (tertiary/aromatic N) is 4. The number of allylic oxidation sites excluding steroid dienone is 1. The number of pyridine rings is 1. The number of piperidine rings is 1. The largest absolute Gasteiger partial charge is 0.495 e. The van der Waals surface area contributed by atoms with Gasteiger partial charge in [-0.05, 0) is 25.0 Å². The zero-order valence-electron chi connectivity index (χ0n) is 23.3. The molecule has 1 aromatic carbocycles. The molecule has 1 unspecified atom stereocenters. The number of aromatic nitrogens is 3. The first-order chi connectivity index (χ1) is 19.9. The summed E-state index contributed by atoms with van der Waals surface area (Å²) in [5, 5.41) is 4.78. The van der Waals surface area contributed by atoms with Crippen LogP contribution in [0, 0.1) is 5.92 Å². The number of anilines is 2. The quantitative estimate of drug-likeness (QED) is 0.311. The lowest BCUT2D eigenvalue weighted by Gasteiger charge is -2.33. The van der Waals surface area contributed by atoms with E-state index in [1.54, 1.807) is 19.4 Å². The SMILES string of the molecule is C=CC(=O)C[C@H]1COC[C@H]1Nc1ncc2cc(-c3c(Cl)c(OC)cc(OC)c3Cl)nc(N3CCCC(OC)C3)c2n1. The van der Waals surface area contributed by atoms with Gasteiger partial charge in [0.2, 0.25) is 5.95 Å². The van der Waals surface area contributed by atoms with Gasteiger partial charge >= 0.3 is 0 Å². The van der Waals surface area contributed by atoms with E-state index in [0.29, 0.717) is 76.3 Å². The molecule has 218 valence electrons. The van der Waals surface area contributed by atoms with Gasteiger partial charge in [0.15, 0.2) is 11.6 Å². The minimum Gasteiger partial charge on any atom is -0.495 e. The van der Waals surface area contributed by atoms with Crippen molar-refractivity contribution in [3.05, 3.63) is 41.0 Å². The first-order valence-electron chi connectivity index (χ1n) is 13.4. The normalized spacial score (nSPS) is 20.7. The average Bonchev–Trinajstić information content (AvgIpc) is 3.42. The van der Waals surface area contributed by atoms with E-state index in [2.05, 4.69) is 21.8 Å². The number of methoxy groups -OCH3 is 3. The highest BCUT2D eigenvalue weighted by molar-refractivity contribution is 6.41. The van der Waals surface area contributed by atoms with Crippen LogP contribution in [0.25, 0.3) is 22.2 Å². The number of rotatable bonds is 10. The lowest BCUT2D eigenvalue weighted by atomic mass is 9.97. The predicted molar refractivity (Wildman–Crippen MR) is 160 cm³/mol. The van der Waals surface area contributed by atoms with E-state index in [4.69, 9.17) is 52.1 Å². The molecule has 0 aliphatic carbocycles. The highest BCUT2D eigenvalue weighted by atomic mass is 35.5. The van der Waals surface area contributed by atoms with Crippen molar-refractivity contribution >= 4 is 51.7 Å². The number of carbonyl (C=O) groups is 1. The predicted octanol–water partition coefficient (Wildman–Crippen LogP) is 5.20. The third-order valence-corrected chi connectivity index (χ3v) is 8.34. The van der Waals surface area contributed by atoms with Gasteiger partial charge in [0.05, 0.1) is 55.3 Å². The van der Waals surface area contributed by atoms with Crippen molar-refractivity contribution in [2.24, 2.45) is 5.92 Å². The fraction of sp³-hybridized carbons (Fsp3) is 0.448. The van der Waals surface area contributed by atoms with Crippen LogP contribution in [0.1, 0.15) is 19.3 Å². The third-order valence-electron chi connectivity index (χ3n) is 7.59. The maximum Gasteiger partial charge on any atom is 0.223 e. The molecule has 0 radical (unpaired) electrons. The Hall–Kier alpha value is -3.18. The minimum atomic E-state index is -0.109. The highest BCUT2D eigenvalue weighted by Gasteiger charge is 2.31. The summed E-state index contributed by atoms with van der Waals surface area (Å²) in [5.74, 6) is 1.91. The number of hydrogen-bond donors (Lipinski definition) is 1. The Morgan fingerprint density at radius 2 is 1.93 bits per heavy atom. The van der Waals surface area contributed by atoms with E-state index >= 15 is 0 Å². The smallest absolute Gasteiger partial charge is 0.223 e. The Morgan fingerprint density at radius 1 is 1.17 bits per heavy atom. The standard InChI is InChI=1S/C29H33Cl2N5O5/c1-5-18(37)9-17-14-41-15-21(17)34-29-32-12-16-10-20(24-25(30)22(39-3)11-23(40-4)26(24)31)33-28(27(16)35-29)36-8-6-7-19(13-36)38-2/h5,10-12,17,19,21H,1,6-9,13-15H2,2-4H3,(H,32,34,35)/t17-,19?,21+/m0/s1. The number of fused-ring (bicyclic) bond motifs is 1. The Kier molecular flexibility index (Phi) is 9.13. The maximum atomic E-state index is 12.0. The molecule has 0 bridgehead atoms. The summed E-state index contributed by atoms with van der Waals surface area (Å²) in [4.78, 5) is 28.7. The van der Waals surface area contributed by atoms with Gasteiger partial charge in [-0.3, -0.25) is 4.79 Å². The molecule has 3 aromatic rings. The van der Waals surface area contributed by atoms with E-state index in [1.807, 2.05) is 6.07 Å². The Bertz CT molecular complexity index is 1430. The monoisotopic (exact) mass is 601 g/mol. The summed E-state index contributed by atoms with van der Waals surface area (Å²) >= 11 is 13.5. The molecule has 0 spiro atoms. The molecule has 4 heterocycles. The summed E-state index contributed by atoms with van der Waals surface area (Å²) in [5.41, 5.74) is 1.70. The maximum absolute atomic E-state index is 12.0. The van der Waals surface area contributed by atoms with Crippen molar-refractivity contribution in [1.29, 1.82) is 0 Å². The van der Waals surface area contributed by atoms with Crippen molar-refractivity contribution in [2.45, 2.75) is 31.4 Å². The molecule has 2 fully saturated rings. The first kappa shape index (κ1) is 29.3. The van der Waals surface area contributed by atoms with Crippen molar-refractivity contribution < 1.29 is 23.7 Å². The van der Waals surface area contributed by atoms with Crippen LogP contribution in [0.2, 0.25) is 10.0 Å². The second kappa shape index (κ2) is 12.8. The molecule has 5 rings (SSSR count). The molecular formula is C29H33Cl2N5O5. The number of benzene rings is 1. The molecule has 41 heavy (non-hydrogen) atoms. The number of ketones is 1. The summed E-state index contributed by atoms with van der Waals surface area (Å²) in [6.45, 7) is 5.96. The van der Waals surface area contributed by atoms with Crippen LogP contribution in [-0.4, -0.2) is 80.5 Å². The van der Waals surface area contributed by atoms with Crippen LogP contribution in [0.15, 0.2) is 31.0 Å². The van der Waals surface area contributed by atoms with Crippen LogP contribution >= 0.6 is 23.2 Å². The molecule has 3 atom stereocenters. The summed E-state index contributed by atoms with van der Waals surface area (Å²) in [7, 11) is 4.79. The molecule has 1 N–H and O–H groups in total. The van der Waals surface area contributed by atoms with Crippen molar-refractivity contribution in [3.63, 3.8) is 0 Å². The van der Waals surface area contributed by atoms with Gasteiger partial charge in [-0.25, -0.2) is 15.0 Å². The fourth-order valence-electron chi connectivity index (χ4n) is 5.34. The zero-order valence-corrected chi connectivity index (χ0v) is 24.8. The molecule has 2 saturated heterocycles. The Labute approximate surface area is 248 Å². The zero-order chi connectivity index (χ0) is 29.1. The number of ether oxygens (including phenoxy) is 4. The van der Waals surface area contributed by atoms with Gasteiger partial charge in [-0.1, -0.05) is 29.8 Å². The molecule has 2 aromatic heterocycles. The summed E-state index contributed by atoms with van der Waals surface area (Å²) in [6.07, 6.45) is 5.41.